The first kappa shape index (κ1) is 21.4. The Balaban J connectivity index is 1.58. The molecule has 0 atom stereocenters. The van der Waals surface area contributed by atoms with Crippen LogP contribution in [-0.2, 0) is 11.2 Å². The number of hydrogen-bond donors (Lipinski definition) is 2. The van der Waals surface area contributed by atoms with E-state index in [-0.39, 0.29) is 5.91 Å². The van der Waals surface area contributed by atoms with E-state index in [0.717, 1.165) is 34.3 Å². The van der Waals surface area contributed by atoms with Gasteiger partial charge in [0.1, 0.15) is 0 Å². The van der Waals surface area contributed by atoms with Crippen molar-refractivity contribution in [3.63, 3.8) is 0 Å². The minimum absolute atomic E-state index is 0.0281. The van der Waals surface area contributed by atoms with Gasteiger partial charge in [0, 0.05) is 43.6 Å². The number of fused-ring (bicyclic) bond motifs is 1. The monoisotopic (exact) mass is 428 g/mol. The molecule has 0 saturated heterocycles. The third-order valence-corrected chi connectivity index (χ3v) is 5.25. The maximum absolute atomic E-state index is 12.3. The number of nitrogens with one attached hydrogen (secondary N) is 2. The van der Waals surface area contributed by atoms with E-state index in [0.29, 0.717) is 24.6 Å². The molecule has 4 rings (SSSR count). The average molecular weight is 429 g/mol. The minimum atomic E-state index is 0.0281. The molecule has 0 aliphatic carbocycles. The van der Waals surface area contributed by atoms with Gasteiger partial charge in [-0.2, -0.15) is 0 Å². The maximum atomic E-state index is 12.3. The number of aromatic nitrogens is 3. The predicted octanol–water partition coefficient (Wildman–Crippen LogP) is 4.30. The quantitative estimate of drug-likeness (QED) is 0.438. The second-order valence-corrected chi connectivity index (χ2v) is 7.91. The Morgan fingerprint density at radius 2 is 1.88 bits per heavy atom. The molecule has 4 aromatic rings. The fourth-order valence-corrected chi connectivity index (χ4v) is 3.61. The summed E-state index contributed by atoms with van der Waals surface area (Å²) in [6, 6.07) is 20.0. The van der Waals surface area contributed by atoms with Crippen LogP contribution in [0.15, 0.2) is 66.9 Å². The van der Waals surface area contributed by atoms with Crippen molar-refractivity contribution < 1.29 is 4.79 Å². The van der Waals surface area contributed by atoms with Crippen LogP contribution < -0.4 is 15.5 Å². The molecule has 0 fully saturated rings. The van der Waals surface area contributed by atoms with Gasteiger partial charge < -0.3 is 15.5 Å². The molecule has 0 spiro atoms. The Morgan fingerprint density at radius 1 is 1.03 bits per heavy atom. The highest BCUT2D eigenvalue weighted by molar-refractivity contribution is 5.90. The average Bonchev–Trinajstić information content (AvgIpc) is 3.17. The Kier molecular flexibility index (Phi) is 6.35. The fourth-order valence-electron chi connectivity index (χ4n) is 3.61. The van der Waals surface area contributed by atoms with E-state index in [1.807, 2.05) is 80.3 Å². The molecule has 0 unspecified atom stereocenters. The van der Waals surface area contributed by atoms with Crippen LogP contribution in [0, 0.1) is 0 Å². The van der Waals surface area contributed by atoms with Gasteiger partial charge in [-0.25, -0.2) is 0 Å². The van der Waals surface area contributed by atoms with Crippen LogP contribution in [-0.4, -0.2) is 41.3 Å². The molecular weight excluding hydrogens is 400 g/mol. The zero-order valence-electron chi connectivity index (χ0n) is 18.7. The first-order valence-corrected chi connectivity index (χ1v) is 10.8. The van der Waals surface area contributed by atoms with E-state index in [4.69, 9.17) is 0 Å². The van der Waals surface area contributed by atoms with Gasteiger partial charge in [-0.3, -0.25) is 9.36 Å². The summed E-state index contributed by atoms with van der Waals surface area (Å²) in [7, 11) is 4.02. The number of anilines is 3. The zero-order valence-corrected chi connectivity index (χ0v) is 18.7. The lowest BCUT2D eigenvalue weighted by atomic mass is 10.1. The van der Waals surface area contributed by atoms with Gasteiger partial charge in [-0.15, -0.1) is 10.2 Å². The summed E-state index contributed by atoms with van der Waals surface area (Å²) < 4.78 is 1.99. The van der Waals surface area contributed by atoms with Gasteiger partial charge in [0.15, 0.2) is 11.6 Å². The second-order valence-electron chi connectivity index (χ2n) is 7.91. The molecule has 0 saturated carbocycles. The van der Waals surface area contributed by atoms with Crippen molar-refractivity contribution in [2.24, 2.45) is 0 Å². The Morgan fingerprint density at radius 3 is 2.62 bits per heavy atom. The van der Waals surface area contributed by atoms with Gasteiger partial charge in [0.05, 0.1) is 11.9 Å². The smallest absolute Gasteiger partial charge is 0.224 e. The fraction of sp³-hybridized carbons (Fsp3) is 0.240. The molecule has 2 heterocycles. The Hall–Kier alpha value is -3.87. The van der Waals surface area contributed by atoms with Crippen molar-refractivity contribution in [1.82, 2.24) is 20.1 Å². The van der Waals surface area contributed by atoms with Crippen LogP contribution in [0.4, 0.5) is 17.2 Å². The van der Waals surface area contributed by atoms with Gasteiger partial charge >= 0.3 is 0 Å². The molecule has 0 aliphatic rings. The van der Waals surface area contributed by atoms with Gasteiger partial charge in [0.2, 0.25) is 5.91 Å². The Labute approximate surface area is 188 Å². The largest absolute Gasteiger partial charge is 0.378 e. The third-order valence-electron chi connectivity index (χ3n) is 5.25. The van der Waals surface area contributed by atoms with Gasteiger partial charge in [0.25, 0.3) is 0 Å². The predicted molar refractivity (Wildman–Crippen MR) is 130 cm³/mol. The molecule has 0 aliphatic heterocycles. The van der Waals surface area contributed by atoms with Crippen molar-refractivity contribution in [3.05, 3.63) is 72.4 Å². The molecule has 164 valence electrons. The number of para-hydroxylation sites is 1. The van der Waals surface area contributed by atoms with Crippen LogP contribution in [0.2, 0.25) is 0 Å². The van der Waals surface area contributed by atoms with Crippen LogP contribution in [0.5, 0.6) is 0 Å². The molecule has 0 radical (unpaired) electrons. The number of carbonyl (C=O) groups excluding carboxylic acids is 1. The summed E-state index contributed by atoms with van der Waals surface area (Å²) in [5.41, 5.74) is 4.03. The first-order valence-electron chi connectivity index (χ1n) is 10.8. The number of rotatable bonds is 8. The summed E-state index contributed by atoms with van der Waals surface area (Å²) in [5.74, 6) is 1.40. The highest BCUT2D eigenvalue weighted by Crippen LogP contribution is 2.25. The van der Waals surface area contributed by atoms with E-state index >= 15 is 0 Å². The van der Waals surface area contributed by atoms with Crippen molar-refractivity contribution in [2.75, 3.05) is 30.9 Å². The SMILES string of the molecule is CCCNC(=O)Cc1cn(-c2ccc(Nc3cccc(N(C)C)c3)nn2)c2ccccc12. The molecule has 7 nitrogen and oxygen atoms in total. The number of benzene rings is 2. The Bertz CT molecular complexity index is 1210. The summed E-state index contributed by atoms with van der Waals surface area (Å²) >= 11 is 0. The van der Waals surface area contributed by atoms with Crippen LogP contribution >= 0.6 is 0 Å². The lowest BCUT2D eigenvalue weighted by Crippen LogP contribution is -2.25. The summed E-state index contributed by atoms with van der Waals surface area (Å²) in [5, 5.41) is 16.1. The van der Waals surface area contributed by atoms with E-state index in [1.54, 1.807) is 0 Å². The summed E-state index contributed by atoms with van der Waals surface area (Å²) in [6.07, 6.45) is 3.24. The van der Waals surface area contributed by atoms with E-state index in [1.165, 1.54) is 0 Å². The van der Waals surface area contributed by atoms with E-state index < -0.39 is 0 Å². The molecule has 32 heavy (non-hydrogen) atoms. The van der Waals surface area contributed by atoms with Crippen molar-refractivity contribution in [3.8, 4) is 5.82 Å². The zero-order chi connectivity index (χ0) is 22.5. The number of carbonyl (C=O) groups is 1. The third kappa shape index (κ3) is 4.72. The van der Waals surface area contributed by atoms with Crippen molar-refractivity contribution >= 4 is 34.0 Å². The number of nitrogens with zero attached hydrogens (tertiary/aromatic N) is 4. The summed E-state index contributed by atoms with van der Waals surface area (Å²) in [4.78, 5) is 14.3. The second kappa shape index (κ2) is 9.51. The highest BCUT2D eigenvalue weighted by atomic mass is 16.1. The van der Waals surface area contributed by atoms with Crippen LogP contribution in [0.1, 0.15) is 18.9 Å². The highest BCUT2D eigenvalue weighted by Gasteiger charge is 2.13. The van der Waals surface area contributed by atoms with Crippen LogP contribution in [0.3, 0.4) is 0 Å². The molecule has 1 amide bonds. The molecule has 7 heteroatoms. The van der Waals surface area contributed by atoms with E-state index in [2.05, 4.69) is 37.9 Å². The molecule has 2 N–H and O–H groups in total. The number of hydrogen-bond acceptors (Lipinski definition) is 5. The topological polar surface area (TPSA) is 75.1 Å². The molecule has 2 aromatic carbocycles. The van der Waals surface area contributed by atoms with E-state index in [9.17, 15) is 4.79 Å². The molecule has 2 aromatic heterocycles. The van der Waals surface area contributed by atoms with Crippen LogP contribution in [0.25, 0.3) is 16.7 Å². The van der Waals surface area contributed by atoms with Gasteiger partial charge in [-0.05, 0) is 48.4 Å². The first-order chi connectivity index (χ1) is 15.5. The number of amides is 1. The maximum Gasteiger partial charge on any atom is 0.224 e. The van der Waals surface area contributed by atoms with Crippen molar-refractivity contribution in [1.29, 1.82) is 0 Å². The molecule has 0 bridgehead atoms. The standard InChI is InChI=1S/C25H28N6O/c1-4-14-26-25(32)15-18-17-31(22-11-6-5-10-21(18)22)24-13-12-23(28-29-24)27-19-8-7-9-20(16-19)30(2)3/h5-13,16-17H,4,14-15H2,1-3H3,(H,26,32)(H,27,28). The molecular formula is C25H28N6O. The van der Waals surface area contributed by atoms with Crippen molar-refractivity contribution in [2.45, 2.75) is 19.8 Å². The van der Waals surface area contributed by atoms with Gasteiger partial charge in [-0.1, -0.05) is 31.2 Å². The lowest BCUT2D eigenvalue weighted by Gasteiger charge is -2.14. The summed E-state index contributed by atoms with van der Waals surface area (Å²) in [6.45, 7) is 2.73. The lowest BCUT2D eigenvalue weighted by molar-refractivity contribution is -0.120. The normalized spacial score (nSPS) is 10.8. The minimum Gasteiger partial charge on any atom is -0.378 e.